The molecule has 32 heavy (non-hydrogen) atoms. The number of thiophene rings is 1. The molecule has 0 saturated carbocycles. The summed E-state index contributed by atoms with van der Waals surface area (Å²) >= 11 is 1.29. The Morgan fingerprint density at radius 1 is 1.06 bits per heavy atom. The molecule has 0 N–H and O–H groups in total. The topological polar surface area (TPSA) is 67.6 Å². The number of rotatable bonds is 6. The highest BCUT2D eigenvalue weighted by atomic mass is 32.1. The first-order chi connectivity index (χ1) is 15.4. The van der Waals surface area contributed by atoms with Gasteiger partial charge in [0.15, 0.2) is 0 Å². The Morgan fingerprint density at radius 3 is 2.47 bits per heavy atom. The highest BCUT2D eigenvalue weighted by Crippen LogP contribution is 2.20. The van der Waals surface area contributed by atoms with Crippen molar-refractivity contribution in [3.63, 3.8) is 0 Å². The maximum atomic E-state index is 14.1. The predicted molar refractivity (Wildman–Crippen MR) is 125 cm³/mol. The fraction of sp³-hybridized carbons (Fsp3) is 0.435. The minimum absolute atomic E-state index is 0.117. The highest BCUT2D eigenvalue weighted by molar-refractivity contribution is 7.17. The number of piperazine rings is 1. The molecule has 1 fully saturated rings. The van der Waals surface area contributed by atoms with Gasteiger partial charge in [-0.05, 0) is 35.9 Å². The van der Waals surface area contributed by atoms with Gasteiger partial charge in [0.25, 0.3) is 5.56 Å². The van der Waals surface area contributed by atoms with E-state index in [4.69, 9.17) is 0 Å². The SMILES string of the molecule is CC(C)CCn1c(=O)c2sccc2n(CC(=O)N2CCN(c3ccccc3F)CC2)c1=O. The van der Waals surface area contributed by atoms with E-state index in [0.717, 1.165) is 0 Å². The normalized spacial score (nSPS) is 14.5. The van der Waals surface area contributed by atoms with Crippen LogP contribution in [0.1, 0.15) is 20.3 Å². The molecular formula is C23H27FN4O3S. The van der Waals surface area contributed by atoms with Gasteiger partial charge in [0.05, 0.1) is 11.2 Å². The van der Waals surface area contributed by atoms with E-state index in [1.807, 2.05) is 18.7 Å². The zero-order chi connectivity index (χ0) is 22.8. The summed E-state index contributed by atoms with van der Waals surface area (Å²) in [5.41, 5.74) is 0.305. The van der Waals surface area contributed by atoms with E-state index >= 15 is 0 Å². The number of nitrogens with zero attached hydrogens (tertiary/aromatic N) is 4. The van der Waals surface area contributed by atoms with Crippen LogP contribution in [-0.4, -0.2) is 46.1 Å². The number of halogens is 1. The molecule has 0 radical (unpaired) electrons. The molecule has 0 spiro atoms. The quantitative estimate of drug-likeness (QED) is 0.570. The van der Waals surface area contributed by atoms with Crippen LogP contribution in [0.5, 0.6) is 0 Å². The number of anilines is 1. The third-order valence-corrected chi connectivity index (χ3v) is 6.78. The Morgan fingerprint density at radius 2 is 1.78 bits per heavy atom. The lowest BCUT2D eigenvalue weighted by Gasteiger charge is -2.36. The minimum Gasteiger partial charge on any atom is -0.366 e. The summed E-state index contributed by atoms with van der Waals surface area (Å²) in [5, 5.41) is 1.77. The van der Waals surface area contributed by atoms with Gasteiger partial charge in [-0.25, -0.2) is 9.18 Å². The third-order valence-electron chi connectivity index (χ3n) is 5.89. The van der Waals surface area contributed by atoms with Gasteiger partial charge in [0, 0.05) is 32.7 Å². The van der Waals surface area contributed by atoms with Crippen LogP contribution < -0.4 is 16.1 Å². The van der Waals surface area contributed by atoms with Crippen molar-refractivity contribution in [1.29, 1.82) is 0 Å². The monoisotopic (exact) mass is 458 g/mol. The minimum atomic E-state index is -0.445. The van der Waals surface area contributed by atoms with E-state index in [1.165, 1.54) is 26.5 Å². The third kappa shape index (κ3) is 4.34. The molecule has 1 saturated heterocycles. The van der Waals surface area contributed by atoms with E-state index in [1.54, 1.807) is 34.5 Å². The molecule has 0 aliphatic carbocycles. The Hall–Kier alpha value is -2.94. The summed E-state index contributed by atoms with van der Waals surface area (Å²) in [5.74, 6) is -0.106. The largest absolute Gasteiger partial charge is 0.366 e. The maximum Gasteiger partial charge on any atom is 0.332 e. The number of hydrogen-bond donors (Lipinski definition) is 0. The molecular weight excluding hydrogens is 431 g/mol. The fourth-order valence-corrected chi connectivity index (χ4v) is 4.85. The lowest BCUT2D eigenvalue weighted by molar-refractivity contribution is -0.132. The van der Waals surface area contributed by atoms with Crippen LogP contribution in [0.2, 0.25) is 0 Å². The van der Waals surface area contributed by atoms with Crippen molar-refractivity contribution in [3.8, 4) is 0 Å². The fourth-order valence-electron chi connectivity index (χ4n) is 4.01. The van der Waals surface area contributed by atoms with Crippen molar-refractivity contribution in [2.75, 3.05) is 31.1 Å². The van der Waals surface area contributed by atoms with Gasteiger partial charge in [0.1, 0.15) is 17.1 Å². The second-order valence-corrected chi connectivity index (χ2v) is 9.38. The number of hydrogen-bond acceptors (Lipinski definition) is 5. The molecule has 0 unspecified atom stereocenters. The lowest BCUT2D eigenvalue weighted by atomic mass is 10.1. The average Bonchev–Trinajstić information content (AvgIpc) is 3.27. The van der Waals surface area contributed by atoms with Crippen LogP contribution in [0.3, 0.4) is 0 Å². The van der Waals surface area contributed by atoms with Crippen molar-refractivity contribution in [1.82, 2.24) is 14.0 Å². The number of aromatic nitrogens is 2. The number of carbonyl (C=O) groups excluding carboxylic acids is 1. The smallest absolute Gasteiger partial charge is 0.332 e. The number of fused-ring (bicyclic) bond motifs is 1. The molecule has 1 aliphatic rings. The van der Waals surface area contributed by atoms with Crippen LogP contribution in [0, 0.1) is 11.7 Å². The van der Waals surface area contributed by atoms with Gasteiger partial charge in [-0.3, -0.25) is 18.7 Å². The summed E-state index contributed by atoms with van der Waals surface area (Å²) < 4.78 is 17.2. The number of para-hydroxylation sites is 1. The van der Waals surface area contributed by atoms with Gasteiger partial charge in [-0.1, -0.05) is 26.0 Å². The summed E-state index contributed by atoms with van der Waals surface area (Å²) in [6, 6.07) is 8.34. The molecule has 170 valence electrons. The van der Waals surface area contributed by atoms with E-state index in [9.17, 15) is 18.8 Å². The van der Waals surface area contributed by atoms with E-state index in [0.29, 0.717) is 61.0 Å². The summed E-state index contributed by atoms with van der Waals surface area (Å²) in [6.45, 7) is 6.22. The highest BCUT2D eigenvalue weighted by Gasteiger charge is 2.24. The molecule has 3 heterocycles. The lowest BCUT2D eigenvalue weighted by Crippen LogP contribution is -2.51. The van der Waals surface area contributed by atoms with Crippen LogP contribution in [-0.2, 0) is 17.9 Å². The molecule has 7 nitrogen and oxygen atoms in total. The average molecular weight is 459 g/mol. The first kappa shape index (κ1) is 22.3. The van der Waals surface area contributed by atoms with Crippen LogP contribution in [0.4, 0.5) is 10.1 Å². The molecule has 4 rings (SSSR count). The Balaban J connectivity index is 1.53. The molecule has 9 heteroatoms. The Kier molecular flexibility index (Phi) is 6.45. The van der Waals surface area contributed by atoms with Gasteiger partial charge < -0.3 is 9.80 Å². The summed E-state index contributed by atoms with van der Waals surface area (Å²) in [7, 11) is 0. The van der Waals surface area contributed by atoms with Gasteiger partial charge in [-0.15, -0.1) is 11.3 Å². The van der Waals surface area contributed by atoms with Gasteiger partial charge >= 0.3 is 5.69 Å². The predicted octanol–water partition coefficient (Wildman–Crippen LogP) is 2.76. The van der Waals surface area contributed by atoms with E-state index in [-0.39, 0.29) is 23.8 Å². The van der Waals surface area contributed by atoms with Gasteiger partial charge in [0.2, 0.25) is 5.91 Å². The van der Waals surface area contributed by atoms with Crippen LogP contribution in [0.15, 0.2) is 45.3 Å². The second-order valence-electron chi connectivity index (χ2n) is 8.46. The molecule has 1 aromatic carbocycles. The standard InChI is InChI=1S/C23H27FN4O3S/c1-16(2)7-9-27-22(30)21-19(8-14-32-21)28(23(27)31)15-20(29)26-12-10-25(11-13-26)18-6-4-3-5-17(18)24/h3-6,8,14,16H,7,9-13,15H2,1-2H3. The van der Waals surface area contributed by atoms with Crippen LogP contribution >= 0.6 is 11.3 Å². The van der Waals surface area contributed by atoms with E-state index < -0.39 is 5.69 Å². The Bertz CT molecular complexity index is 1240. The van der Waals surface area contributed by atoms with E-state index in [2.05, 4.69) is 0 Å². The second kappa shape index (κ2) is 9.28. The molecule has 3 aromatic rings. The number of carbonyl (C=O) groups is 1. The van der Waals surface area contributed by atoms with Crippen molar-refractivity contribution in [2.24, 2.45) is 5.92 Å². The first-order valence-corrected chi connectivity index (χ1v) is 11.7. The summed E-state index contributed by atoms with van der Waals surface area (Å²) in [6.07, 6.45) is 0.706. The molecule has 2 aromatic heterocycles. The van der Waals surface area contributed by atoms with Crippen LogP contribution in [0.25, 0.3) is 10.2 Å². The van der Waals surface area contributed by atoms with Crippen molar-refractivity contribution < 1.29 is 9.18 Å². The zero-order valence-corrected chi connectivity index (χ0v) is 19.1. The zero-order valence-electron chi connectivity index (χ0n) is 18.3. The maximum absolute atomic E-state index is 14.1. The van der Waals surface area contributed by atoms with Crippen molar-refractivity contribution in [3.05, 3.63) is 62.4 Å². The molecule has 1 amide bonds. The number of amides is 1. The molecule has 0 atom stereocenters. The summed E-state index contributed by atoms with van der Waals surface area (Å²) in [4.78, 5) is 42.6. The van der Waals surface area contributed by atoms with Crippen molar-refractivity contribution >= 4 is 33.1 Å². The Labute approximate surface area is 189 Å². The van der Waals surface area contributed by atoms with Crippen molar-refractivity contribution in [2.45, 2.75) is 33.4 Å². The van der Waals surface area contributed by atoms with Gasteiger partial charge in [-0.2, -0.15) is 0 Å². The molecule has 0 bridgehead atoms. The molecule has 1 aliphatic heterocycles. The number of benzene rings is 1. The first-order valence-electron chi connectivity index (χ1n) is 10.8.